The largest absolute Gasteiger partial charge is 0.463 e. The van der Waals surface area contributed by atoms with E-state index in [0.29, 0.717) is 12.8 Å². The predicted octanol–water partition coefficient (Wildman–Crippen LogP) is 3.75. The summed E-state index contributed by atoms with van der Waals surface area (Å²) < 4.78 is 25.0. The fraction of sp³-hybridized carbons (Fsp3) is 0.886. The highest BCUT2D eigenvalue weighted by Gasteiger charge is 2.51. The number of esters is 1. The van der Waals surface area contributed by atoms with Crippen LogP contribution >= 0.6 is 0 Å². The minimum absolute atomic E-state index is 0.107. The first-order chi connectivity index (χ1) is 21.0. The molecule has 0 aromatic rings. The Morgan fingerprint density at radius 1 is 1.11 bits per heavy atom. The van der Waals surface area contributed by atoms with Crippen molar-refractivity contribution < 1.29 is 33.6 Å². The van der Waals surface area contributed by atoms with E-state index in [-0.39, 0.29) is 36.5 Å². The molecule has 3 aliphatic rings. The molecular weight excluding hydrogens is 574 g/mol. The molecule has 260 valence electrons. The summed E-state index contributed by atoms with van der Waals surface area (Å²) in [4.78, 5) is 34.6. The molecule has 0 aromatic carbocycles. The third kappa shape index (κ3) is 9.36. The molecule has 10 nitrogen and oxygen atoms in total. The molecule has 10 heteroatoms. The van der Waals surface area contributed by atoms with E-state index in [0.717, 1.165) is 45.4 Å². The number of aliphatic hydroxyl groups is 1. The number of piperidine rings is 1. The van der Waals surface area contributed by atoms with Crippen LogP contribution in [0.3, 0.4) is 0 Å². The summed E-state index contributed by atoms with van der Waals surface area (Å²) in [6.45, 7) is 17.5. The van der Waals surface area contributed by atoms with Gasteiger partial charge < -0.3 is 33.9 Å². The highest BCUT2D eigenvalue weighted by molar-refractivity contribution is 6.04. The van der Waals surface area contributed by atoms with Crippen LogP contribution in [0.4, 0.5) is 0 Å². The van der Waals surface area contributed by atoms with Crippen LogP contribution in [0, 0.1) is 17.3 Å². The van der Waals surface area contributed by atoms with Crippen molar-refractivity contribution >= 4 is 11.8 Å². The molecule has 3 fully saturated rings. The van der Waals surface area contributed by atoms with Crippen LogP contribution in [-0.4, -0.2) is 135 Å². The van der Waals surface area contributed by atoms with Gasteiger partial charge in [-0.2, -0.15) is 0 Å². The number of cyclic esters (lactones) is 1. The van der Waals surface area contributed by atoms with E-state index in [2.05, 4.69) is 36.8 Å². The number of ether oxygens (including phenoxy) is 4. The third-order valence-electron chi connectivity index (χ3n) is 10.4. The van der Waals surface area contributed by atoms with Crippen LogP contribution < -0.4 is 0 Å². The minimum atomic E-state index is -1.41. The van der Waals surface area contributed by atoms with Crippen molar-refractivity contribution in [2.45, 2.75) is 123 Å². The van der Waals surface area contributed by atoms with E-state index in [9.17, 15) is 14.7 Å². The van der Waals surface area contributed by atoms with Crippen molar-refractivity contribution in [3.63, 3.8) is 0 Å². The zero-order valence-corrected chi connectivity index (χ0v) is 30.0. The number of hydrogen-bond acceptors (Lipinski definition) is 10. The summed E-state index contributed by atoms with van der Waals surface area (Å²) in [5.41, 5.74) is -0.939. The molecule has 45 heavy (non-hydrogen) atoms. The molecule has 0 saturated carbocycles. The van der Waals surface area contributed by atoms with Gasteiger partial charge in [0, 0.05) is 38.7 Å². The number of methoxy groups -OCH3 is 1. The molecule has 3 aliphatic heterocycles. The summed E-state index contributed by atoms with van der Waals surface area (Å²) in [6, 6.07) is -0.276. The highest BCUT2D eigenvalue weighted by Crippen LogP contribution is 2.38. The van der Waals surface area contributed by atoms with Crippen molar-refractivity contribution in [2.24, 2.45) is 17.3 Å². The predicted molar refractivity (Wildman–Crippen MR) is 176 cm³/mol. The lowest BCUT2D eigenvalue weighted by Crippen LogP contribution is -2.59. The molecule has 0 amide bonds. The molecule has 0 spiro atoms. The molecule has 0 aromatic heterocycles. The summed E-state index contributed by atoms with van der Waals surface area (Å²) in [5.74, 6) is -1.44. The monoisotopic (exact) mass is 637 g/mol. The van der Waals surface area contributed by atoms with Gasteiger partial charge in [0.2, 0.25) is 0 Å². The summed E-state index contributed by atoms with van der Waals surface area (Å²) in [7, 11) is 7.57. The Morgan fingerprint density at radius 2 is 1.76 bits per heavy atom. The lowest BCUT2D eigenvalue weighted by atomic mass is 9.74. The zero-order valence-electron chi connectivity index (χ0n) is 30.0. The van der Waals surface area contributed by atoms with Gasteiger partial charge in [-0.3, -0.25) is 14.5 Å². The molecular formula is C35H63N3O7. The maximum absolute atomic E-state index is 14.2. The highest BCUT2D eigenvalue weighted by atomic mass is 16.7. The van der Waals surface area contributed by atoms with E-state index in [1.54, 1.807) is 27.9 Å². The number of aliphatic hydroxyl groups excluding tert-OH is 1. The topological polar surface area (TPSA) is 101 Å². The van der Waals surface area contributed by atoms with Crippen LogP contribution in [-0.2, 0) is 28.5 Å². The van der Waals surface area contributed by atoms with Gasteiger partial charge in [0.1, 0.15) is 18.1 Å². The summed E-state index contributed by atoms with van der Waals surface area (Å²) >= 11 is 0. The number of nitrogens with zero attached hydrogens (tertiary/aromatic N) is 3. The SMILES string of the molecule is CCCN1CCC(=C[C@@H]2COC(=O)C(C)(C)C(=O)[C@H](C)[C@@H](O[C@@H]3O[C@H](C)C[C@H](N(C)C)[C@H]3O)[C@](C)(OC)C[C@@H](C)CN2C)CC1. The van der Waals surface area contributed by atoms with E-state index in [1.807, 2.05) is 32.8 Å². The Kier molecular flexibility index (Phi) is 13.6. The third-order valence-corrected chi connectivity index (χ3v) is 10.4. The van der Waals surface area contributed by atoms with E-state index >= 15 is 0 Å². The summed E-state index contributed by atoms with van der Waals surface area (Å²) in [6.07, 6.45) is 3.89. The minimum Gasteiger partial charge on any atom is -0.463 e. The van der Waals surface area contributed by atoms with Crippen molar-refractivity contribution in [2.75, 3.05) is 61.0 Å². The Balaban J connectivity index is 1.95. The molecule has 0 unspecified atom stereocenters. The van der Waals surface area contributed by atoms with Crippen LogP contribution in [0.15, 0.2) is 11.6 Å². The first-order valence-electron chi connectivity index (χ1n) is 17.1. The second kappa shape index (κ2) is 16.1. The normalized spacial score (nSPS) is 38.3. The van der Waals surface area contributed by atoms with Crippen molar-refractivity contribution in [3.8, 4) is 0 Å². The molecule has 1 N–H and O–H groups in total. The average molecular weight is 638 g/mol. The van der Waals surface area contributed by atoms with Gasteiger partial charge in [0.05, 0.1) is 23.9 Å². The molecule has 3 saturated heterocycles. The Morgan fingerprint density at radius 3 is 2.33 bits per heavy atom. The fourth-order valence-electron chi connectivity index (χ4n) is 7.56. The van der Waals surface area contributed by atoms with Gasteiger partial charge in [0.25, 0.3) is 0 Å². The van der Waals surface area contributed by atoms with Gasteiger partial charge >= 0.3 is 5.97 Å². The van der Waals surface area contributed by atoms with Crippen molar-refractivity contribution in [3.05, 3.63) is 11.6 Å². The number of carbonyl (C=O) groups is 2. The zero-order chi connectivity index (χ0) is 33.7. The van der Waals surface area contributed by atoms with E-state index in [1.165, 1.54) is 5.57 Å². The Bertz CT molecular complexity index is 1010. The number of hydrogen-bond donors (Lipinski definition) is 1. The number of carbonyl (C=O) groups excluding carboxylic acids is 2. The fourth-order valence-corrected chi connectivity index (χ4v) is 7.56. The van der Waals surface area contributed by atoms with Crippen LogP contribution in [0.25, 0.3) is 0 Å². The quantitative estimate of drug-likeness (QED) is 0.252. The first-order valence-corrected chi connectivity index (χ1v) is 17.1. The van der Waals surface area contributed by atoms with Crippen molar-refractivity contribution in [1.29, 1.82) is 0 Å². The number of ketones is 1. The maximum atomic E-state index is 14.2. The molecule has 3 heterocycles. The second-order valence-corrected chi connectivity index (χ2v) is 15.0. The van der Waals surface area contributed by atoms with E-state index in [4.69, 9.17) is 18.9 Å². The standard InChI is InChI=1S/C35H63N3O7/c1-12-15-38-16-13-26(14-17-38)19-27-22-43-33(41)34(5,6)30(40)25(4)31(35(7,42-11)20-23(2)21-37(27)10)45-32-29(39)28(36(8)9)18-24(3)44-32/h19,23-25,27-29,31-32,39H,12-18,20-22H2,1-11H3/t23-,24-,25+,27-,28+,29-,31-,32+,35-/m1/s1. The molecule has 0 aliphatic carbocycles. The van der Waals surface area contributed by atoms with Gasteiger partial charge in [-0.25, -0.2) is 0 Å². The lowest BCUT2D eigenvalue weighted by Gasteiger charge is -2.47. The van der Waals surface area contributed by atoms with Crippen molar-refractivity contribution in [1.82, 2.24) is 14.7 Å². The van der Waals surface area contributed by atoms with Gasteiger partial charge in [-0.1, -0.05) is 32.4 Å². The number of likely N-dealkylation sites (N-methyl/N-ethyl adjacent to an activating group) is 2. The smallest absolute Gasteiger partial charge is 0.319 e. The summed E-state index contributed by atoms with van der Waals surface area (Å²) in [5, 5.41) is 11.3. The molecule has 9 atom stereocenters. The number of Topliss-reactive ketones (excluding diaryl/α,β-unsaturated/α-hetero) is 1. The Hall–Kier alpha value is -1.40. The Labute approximate surface area is 272 Å². The first kappa shape index (κ1) is 38.1. The lowest BCUT2D eigenvalue weighted by molar-refractivity contribution is -0.295. The maximum Gasteiger partial charge on any atom is 0.319 e. The molecule has 3 rings (SSSR count). The van der Waals surface area contributed by atoms with Crippen LogP contribution in [0.1, 0.15) is 80.6 Å². The van der Waals surface area contributed by atoms with Gasteiger partial charge in [-0.15, -0.1) is 0 Å². The molecule has 0 radical (unpaired) electrons. The average Bonchev–Trinajstić information content (AvgIpc) is 2.98. The molecule has 0 bridgehead atoms. The second-order valence-electron chi connectivity index (χ2n) is 15.0. The number of likely N-dealkylation sites (tertiary alicyclic amines) is 1. The van der Waals surface area contributed by atoms with E-state index < -0.39 is 41.4 Å². The van der Waals surface area contributed by atoms with Gasteiger partial charge in [-0.05, 0) is 93.4 Å². The van der Waals surface area contributed by atoms with Crippen LogP contribution in [0.2, 0.25) is 0 Å². The van der Waals surface area contributed by atoms with Gasteiger partial charge in [0.15, 0.2) is 12.1 Å². The van der Waals surface area contributed by atoms with Crippen LogP contribution in [0.5, 0.6) is 0 Å². The number of rotatable bonds is 7.